The van der Waals surface area contributed by atoms with Gasteiger partial charge in [-0.1, -0.05) is 0 Å². The molecule has 0 amide bonds. The molecule has 0 aliphatic carbocycles. The fourth-order valence-corrected chi connectivity index (χ4v) is 1.56. The lowest BCUT2D eigenvalue weighted by molar-refractivity contribution is -0.195. The molecule has 1 aliphatic rings. The molecule has 1 fully saturated rings. The van der Waals surface area contributed by atoms with Gasteiger partial charge in [0.2, 0.25) is 0 Å². The van der Waals surface area contributed by atoms with Crippen LogP contribution >= 0.6 is 0 Å². The Balaban J connectivity index is 2.72. The number of alkyl halides is 2. The lowest BCUT2D eigenvalue weighted by Gasteiger charge is -2.38. The van der Waals surface area contributed by atoms with Gasteiger partial charge in [0.1, 0.15) is 12.4 Å². The monoisotopic (exact) mass is 178 g/mol. The molecule has 12 heavy (non-hydrogen) atoms. The topological polar surface area (TPSA) is 26.3 Å². The van der Waals surface area contributed by atoms with Crippen molar-refractivity contribution in [3.05, 3.63) is 0 Å². The first-order valence-electron chi connectivity index (χ1n) is 3.86. The summed E-state index contributed by atoms with van der Waals surface area (Å²) < 4.78 is 30.9. The molecular weight excluding hydrogens is 166 g/mol. The van der Waals surface area contributed by atoms with Crippen molar-refractivity contribution in [2.75, 3.05) is 0 Å². The summed E-state index contributed by atoms with van der Waals surface area (Å²) in [6.45, 7) is 3.13. The van der Waals surface area contributed by atoms with Gasteiger partial charge < -0.3 is 9.53 Å². The van der Waals surface area contributed by atoms with Crippen LogP contribution in [0.3, 0.4) is 0 Å². The summed E-state index contributed by atoms with van der Waals surface area (Å²) in [5.41, 5.74) is -0.896. The van der Waals surface area contributed by atoms with E-state index in [0.29, 0.717) is 6.29 Å². The molecule has 1 unspecified atom stereocenters. The van der Waals surface area contributed by atoms with E-state index in [1.54, 1.807) is 13.8 Å². The van der Waals surface area contributed by atoms with Crippen LogP contribution in [0.1, 0.15) is 26.7 Å². The van der Waals surface area contributed by atoms with E-state index in [-0.39, 0.29) is 6.42 Å². The number of rotatable bonds is 1. The van der Waals surface area contributed by atoms with Crippen molar-refractivity contribution in [3.63, 3.8) is 0 Å². The quantitative estimate of drug-likeness (QED) is 0.572. The Morgan fingerprint density at radius 1 is 1.50 bits per heavy atom. The second kappa shape index (κ2) is 2.76. The van der Waals surface area contributed by atoms with Crippen molar-refractivity contribution < 1.29 is 18.3 Å². The molecule has 0 aromatic rings. The van der Waals surface area contributed by atoms with Gasteiger partial charge in [-0.05, 0) is 13.8 Å². The van der Waals surface area contributed by atoms with E-state index in [4.69, 9.17) is 4.74 Å². The molecule has 4 heteroatoms. The van der Waals surface area contributed by atoms with Gasteiger partial charge in [-0.3, -0.25) is 0 Å². The van der Waals surface area contributed by atoms with Crippen LogP contribution in [0.25, 0.3) is 0 Å². The molecule has 0 aromatic carbocycles. The van der Waals surface area contributed by atoms with E-state index >= 15 is 0 Å². The fourth-order valence-electron chi connectivity index (χ4n) is 1.56. The minimum Gasteiger partial charge on any atom is -0.364 e. The van der Waals surface area contributed by atoms with Crippen LogP contribution in [-0.4, -0.2) is 23.9 Å². The molecule has 0 bridgehead atoms. The number of aldehydes is 1. The molecule has 1 saturated heterocycles. The second-order valence-electron chi connectivity index (χ2n) is 3.79. The molecule has 0 aromatic heterocycles. The van der Waals surface area contributed by atoms with Crippen LogP contribution in [0.4, 0.5) is 8.78 Å². The zero-order chi connectivity index (χ0) is 9.41. The number of carbonyl (C=O) groups is 1. The van der Waals surface area contributed by atoms with E-state index in [1.807, 2.05) is 0 Å². The van der Waals surface area contributed by atoms with Crippen LogP contribution in [0.5, 0.6) is 0 Å². The van der Waals surface area contributed by atoms with Crippen molar-refractivity contribution in [1.82, 2.24) is 0 Å². The minimum absolute atomic E-state index is 0.315. The normalized spacial score (nSPS) is 32.8. The second-order valence-corrected chi connectivity index (χ2v) is 3.79. The maximum atomic E-state index is 12.9. The number of hydrogen-bond acceptors (Lipinski definition) is 2. The third kappa shape index (κ3) is 2.24. The average Bonchev–Trinajstić information content (AvgIpc) is 1.80. The summed E-state index contributed by atoms with van der Waals surface area (Å²) in [6.07, 6.45) is -1.32. The highest BCUT2D eigenvalue weighted by Crippen LogP contribution is 2.38. The Hall–Kier alpha value is -0.510. The first kappa shape index (κ1) is 9.58. The zero-order valence-electron chi connectivity index (χ0n) is 7.14. The smallest absolute Gasteiger partial charge is 0.253 e. The van der Waals surface area contributed by atoms with Gasteiger partial charge >= 0.3 is 0 Å². The van der Waals surface area contributed by atoms with Crippen molar-refractivity contribution in [3.8, 4) is 0 Å². The maximum absolute atomic E-state index is 12.9. The molecular formula is C8H12F2O2. The maximum Gasteiger partial charge on any atom is 0.253 e. The van der Waals surface area contributed by atoms with Gasteiger partial charge in [-0.2, -0.15) is 0 Å². The molecule has 1 atom stereocenters. The van der Waals surface area contributed by atoms with Gasteiger partial charge in [0.15, 0.2) is 0 Å². The summed E-state index contributed by atoms with van der Waals surface area (Å²) in [6, 6.07) is 0. The van der Waals surface area contributed by atoms with E-state index in [1.165, 1.54) is 0 Å². The standard InChI is InChI=1S/C8H12F2O2/c1-7(2)5-8(9,10)3-6(4-11)12-7/h4,6H,3,5H2,1-2H3. The predicted molar refractivity (Wildman–Crippen MR) is 39.2 cm³/mol. The SMILES string of the molecule is CC1(C)CC(F)(F)CC(C=O)O1. The van der Waals surface area contributed by atoms with Crippen molar-refractivity contribution in [1.29, 1.82) is 0 Å². The van der Waals surface area contributed by atoms with Crippen LogP contribution < -0.4 is 0 Å². The minimum atomic E-state index is -2.77. The molecule has 1 rings (SSSR count). The summed E-state index contributed by atoms with van der Waals surface area (Å²) in [5, 5.41) is 0. The van der Waals surface area contributed by atoms with Crippen LogP contribution in [-0.2, 0) is 9.53 Å². The van der Waals surface area contributed by atoms with E-state index in [9.17, 15) is 13.6 Å². The van der Waals surface area contributed by atoms with Crippen molar-refractivity contribution in [2.45, 2.75) is 44.3 Å². The summed E-state index contributed by atoms with van der Waals surface area (Å²) in [4.78, 5) is 10.3. The average molecular weight is 178 g/mol. The van der Waals surface area contributed by atoms with E-state index in [0.717, 1.165) is 0 Å². The lowest BCUT2D eigenvalue weighted by atomic mass is 9.92. The Morgan fingerprint density at radius 2 is 2.08 bits per heavy atom. The molecule has 2 nitrogen and oxygen atoms in total. The molecule has 0 saturated carbocycles. The van der Waals surface area contributed by atoms with Crippen LogP contribution in [0, 0.1) is 0 Å². The van der Waals surface area contributed by atoms with Crippen molar-refractivity contribution in [2.24, 2.45) is 0 Å². The Morgan fingerprint density at radius 3 is 2.50 bits per heavy atom. The largest absolute Gasteiger partial charge is 0.364 e. The number of ether oxygens (including phenoxy) is 1. The highest BCUT2D eigenvalue weighted by Gasteiger charge is 2.45. The van der Waals surface area contributed by atoms with Gasteiger partial charge in [0.25, 0.3) is 5.92 Å². The van der Waals surface area contributed by atoms with E-state index < -0.39 is 24.0 Å². The van der Waals surface area contributed by atoms with Crippen LogP contribution in [0.15, 0.2) is 0 Å². The number of hydrogen-bond donors (Lipinski definition) is 0. The number of carbonyl (C=O) groups excluding carboxylic acids is 1. The highest BCUT2D eigenvalue weighted by molar-refractivity contribution is 5.56. The lowest BCUT2D eigenvalue weighted by Crippen LogP contribution is -2.45. The zero-order valence-corrected chi connectivity index (χ0v) is 7.14. The van der Waals surface area contributed by atoms with Gasteiger partial charge in [0, 0.05) is 12.8 Å². The van der Waals surface area contributed by atoms with Gasteiger partial charge in [0.05, 0.1) is 5.60 Å². The Labute approximate surface area is 69.9 Å². The molecule has 1 heterocycles. The summed E-state index contributed by atoms with van der Waals surface area (Å²) in [5.74, 6) is -2.77. The van der Waals surface area contributed by atoms with E-state index in [2.05, 4.69) is 0 Å². The first-order chi connectivity index (χ1) is 5.35. The molecule has 0 spiro atoms. The molecule has 0 N–H and O–H groups in total. The fraction of sp³-hybridized carbons (Fsp3) is 0.875. The third-order valence-corrected chi connectivity index (χ3v) is 1.81. The van der Waals surface area contributed by atoms with Gasteiger partial charge in [-0.25, -0.2) is 8.78 Å². The van der Waals surface area contributed by atoms with Crippen molar-refractivity contribution >= 4 is 6.29 Å². The predicted octanol–water partition coefficient (Wildman–Crippen LogP) is 1.78. The molecule has 70 valence electrons. The Bertz CT molecular complexity index is 173. The van der Waals surface area contributed by atoms with Gasteiger partial charge in [-0.15, -0.1) is 0 Å². The molecule has 0 radical (unpaired) electrons. The van der Waals surface area contributed by atoms with Crippen LogP contribution in [0.2, 0.25) is 0 Å². The number of halogens is 2. The summed E-state index contributed by atoms with van der Waals surface area (Å²) in [7, 11) is 0. The molecule has 1 aliphatic heterocycles. The summed E-state index contributed by atoms with van der Waals surface area (Å²) >= 11 is 0. The highest BCUT2D eigenvalue weighted by atomic mass is 19.3. The third-order valence-electron chi connectivity index (χ3n) is 1.81. The first-order valence-corrected chi connectivity index (χ1v) is 3.86. The Kier molecular flexibility index (Phi) is 2.21.